The molecule has 0 aliphatic carbocycles. The Bertz CT molecular complexity index is 1050. The lowest BCUT2D eigenvalue weighted by atomic mass is 10.1. The second kappa shape index (κ2) is 9.76. The van der Waals surface area contributed by atoms with Gasteiger partial charge < -0.3 is 19.0 Å². The number of benzene rings is 2. The number of piperazine rings is 1. The highest BCUT2D eigenvalue weighted by Crippen LogP contribution is 2.22. The molecule has 1 amide bonds. The van der Waals surface area contributed by atoms with Crippen LogP contribution in [0.15, 0.2) is 59.0 Å². The molecule has 2 aliphatic rings. The maximum absolute atomic E-state index is 12.9. The van der Waals surface area contributed by atoms with Crippen molar-refractivity contribution in [1.29, 1.82) is 0 Å². The van der Waals surface area contributed by atoms with E-state index in [-0.39, 0.29) is 5.91 Å². The van der Waals surface area contributed by atoms with Gasteiger partial charge in [0.05, 0.1) is 0 Å². The van der Waals surface area contributed by atoms with Crippen molar-refractivity contribution in [1.82, 2.24) is 14.7 Å². The SMILES string of the molecule is O=C(c1ccc(COc2ccc3ccccc3c2)o1)N1CCN(CCN2CCCC2)CC1. The van der Waals surface area contributed by atoms with E-state index in [9.17, 15) is 4.79 Å². The Morgan fingerprint density at radius 1 is 0.812 bits per heavy atom. The van der Waals surface area contributed by atoms with Gasteiger partial charge in [0.15, 0.2) is 5.76 Å². The molecular formula is C26H31N3O3. The first-order valence-electron chi connectivity index (χ1n) is 11.7. The summed E-state index contributed by atoms with van der Waals surface area (Å²) in [6, 6.07) is 17.8. The Morgan fingerprint density at radius 3 is 2.31 bits per heavy atom. The summed E-state index contributed by atoms with van der Waals surface area (Å²) in [5.41, 5.74) is 0. The third kappa shape index (κ3) is 4.97. The van der Waals surface area contributed by atoms with E-state index in [1.54, 1.807) is 6.07 Å². The van der Waals surface area contributed by atoms with Crippen molar-refractivity contribution in [2.24, 2.45) is 0 Å². The predicted octanol–water partition coefficient (Wildman–Crippen LogP) is 3.87. The van der Waals surface area contributed by atoms with Crippen LogP contribution < -0.4 is 4.74 Å². The number of hydrogen-bond donors (Lipinski definition) is 0. The van der Waals surface area contributed by atoms with E-state index in [1.165, 1.54) is 31.3 Å². The molecule has 0 bridgehead atoms. The Labute approximate surface area is 189 Å². The average molecular weight is 434 g/mol. The molecule has 0 atom stereocenters. The minimum Gasteiger partial charge on any atom is -0.486 e. The zero-order chi connectivity index (χ0) is 21.8. The highest BCUT2D eigenvalue weighted by molar-refractivity contribution is 5.91. The van der Waals surface area contributed by atoms with Gasteiger partial charge in [-0.3, -0.25) is 9.69 Å². The second-order valence-electron chi connectivity index (χ2n) is 8.75. The van der Waals surface area contributed by atoms with E-state index < -0.39 is 0 Å². The Kier molecular flexibility index (Phi) is 6.41. The van der Waals surface area contributed by atoms with Crippen molar-refractivity contribution in [3.63, 3.8) is 0 Å². The van der Waals surface area contributed by atoms with Crippen molar-refractivity contribution in [2.75, 3.05) is 52.4 Å². The highest BCUT2D eigenvalue weighted by Gasteiger charge is 2.24. The fourth-order valence-electron chi connectivity index (χ4n) is 4.60. The summed E-state index contributed by atoms with van der Waals surface area (Å²) >= 11 is 0. The van der Waals surface area contributed by atoms with Crippen LogP contribution in [-0.4, -0.2) is 73.0 Å². The van der Waals surface area contributed by atoms with Gasteiger partial charge in [-0.1, -0.05) is 30.3 Å². The van der Waals surface area contributed by atoms with E-state index in [0.717, 1.165) is 50.4 Å². The van der Waals surface area contributed by atoms with Gasteiger partial charge in [0.1, 0.15) is 18.1 Å². The van der Waals surface area contributed by atoms with Gasteiger partial charge in [-0.2, -0.15) is 0 Å². The van der Waals surface area contributed by atoms with E-state index >= 15 is 0 Å². The zero-order valence-corrected chi connectivity index (χ0v) is 18.5. The van der Waals surface area contributed by atoms with Crippen LogP contribution in [0, 0.1) is 0 Å². The second-order valence-corrected chi connectivity index (χ2v) is 8.75. The molecule has 2 saturated heterocycles. The predicted molar refractivity (Wildman–Crippen MR) is 125 cm³/mol. The molecule has 5 rings (SSSR count). The molecule has 3 heterocycles. The third-order valence-corrected chi connectivity index (χ3v) is 6.57. The maximum Gasteiger partial charge on any atom is 0.289 e. The van der Waals surface area contributed by atoms with E-state index in [1.807, 2.05) is 41.3 Å². The van der Waals surface area contributed by atoms with Crippen LogP contribution in [0.4, 0.5) is 0 Å². The molecule has 0 spiro atoms. The number of carbonyl (C=O) groups is 1. The molecule has 0 unspecified atom stereocenters. The monoisotopic (exact) mass is 433 g/mol. The summed E-state index contributed by atoms with van der Waals surface area (Å²) in [5.74, 6) is 1.82. The molecule has 168 valence electrons. The van der Waals surface area contributed by atoms with E-state index in [4.69, 9.17) is 9.15 Å². The first-order chi connectivity index (χ1) is 15.7. The molecule has 2 aliphatic heterocycles. The molecule has 32 heavy (non-hydrogen) atoms. The van der Waals surface area contributed by atoms with Gasteiger partial charge in [0.2, 0.25) is 0 Å². The summed E-state index contributed by atoms with van der Waals surface area (Å²) in [6.07, 6.45) is 2.67. The van der Waals surface area contributed by atoms with Crippen molar-refractivity contribution >= 4 is 16.7 Å². The lowest BCUT2D eigenvalue weighted by Crippen LogP contribution is -2.50. The van der Waals surface area contributed by atoms with Crippen LogP contribution in [0.3, 0.4) is 0 Å². The van der Waals surface area contributed by atoms with Gasteiger partial charge in [-0.25, -0.2) is 0 Å². The average Bonchev–Trinajstić information content (AvgIpc) is 3.53. The Hall–Kier alpha value is -2.83. The van der Waals surface area contributed by atoms with Gasteiger partial charge in [0, 0.05) is 39.3 Å². The molecule has 6 nitrogen and oxygen atoms in total. The van der Waals surface area contributed by atoms with Crippen LogP contribution in [0.25, 0.3) is 10.8 Å². The summed E-state index contributed by atoms with van der Waals surface area (Å²) < 4.78 is 11.7. The largest absolute Gasteiger partial charge is 0.486 e. The van der Waals surface area contributed by atoms with Gasteiger partial charge in [-0.15, -0.1) is 0 Å². The first kappa shape index (κ1) is 21.0. The molecule has 0 radical (unpaired) electrons. The van der Waals surface area contributed by atoms with Crippen molar-refractivity contribution in [2.45, 2.75) is 19.4 Å². The lowest BCUT2D eigenvalue weighted by molar-refractivity contribution is 0.0592. The fourth-order valence-corrected chi connectivity index (χ4v) is 4.60. The summed E-state index contributed by atoms with van der Waals surface area (Å²) in [7, 11) is 0. The number of rotatable bonds is 7. The van der Waals surface area contributed by atoms with E-state index in [2.05, 4.69) is 21.9 Å². The van der Waals surface area contributed by atoms with Crippen LogP contribution in [-0.2, 0) is 6.61 Å². The van der Waals surface area contributed by atoms with Gasteiger partial charge in [0.25, 0.3) is 5.91 Å². The van der Waals surface area contributed by atoms with Gasteiger partial charge in [-0.05, 0) is 61.0 Å². The number of carbonyl (C=O) groups excluding carboxylic acids is 1. The maximum atomic E-state index is 12.9. The lowest BCUT2D eigenvalue weighted by Gasteiger charge is -2.35. The number of amides is 1. The third-order valence-electron chi connectivity index (χ3n) is 6.57. The molecular weight excluding hydrogens is 402 g/mol. The first-order valence-corrected chi connectivity index (χ1v) is 11.7. The van der Waals surface area contributed by atoms with Crippen LogP contribution in [0.1, 0.15) is 29.2 Å². The number of nitrogens with zero attached hydrogens (tertiary/aromatic N) is 3. The van der Waals surface area contributed by atoms with Crippen molar-refractivity contribution in [3.05, 3.63) is 66.1 Å². The number of furan rings is 1. The molecule has 1 aromatic heterocycles. The Morgan fingerprint density at radius 2 is 1.53 bits per heavy atom. The standard InChI is InChI=1S/C26H31N3O3/c30-26(29-17-15-28(16-18-29)14-13-27-11-3-4-12-27)25-10-9-24(32-25)20-31-23-8-7-21-5-1-2-6-22(21)19-23/h1-2,5-10,19H,3-4,11-18,20H2. The number of hydrogen-bond acceptors (Lipinski definition) is 5. The van der Waals surface area contributed by atoms with Gasteiger partial charge >= 0.3 is 0 Å². The molecule has 2 aromatic carbocycles. The summed E-state index contributed by atoms with van der Waals surface area (Å²) in [6.45, 7) is 8.39. The normalized spacial score (nSPS) is 17.8. The quantitative estimate of drug-likeness (QED) is 0.566. The van der Waals surface area contributed by atoms with Crippen molar-refractivity contribution in [3.8, 4) is 5.75 Å². The molecule has 2 fully saturated rings. The molecule has 0 N–H and O–H groups in total. The Balaban J connectivity index is 1.10. The number of fused-ring (bicyclic) bond motifs is 1. The van der Waals surface area contributed by atoms with Crippen LogP contribution >= 0.6 is 0 Å². The molecule has 3 aromatic rings. The highest BCUT2D eigenvalue weighted by atomic mass is 16.5. The molecule has 0 saturated carbocycles. The number of likely N-dealkylation sites (tertiary alicyclic amines) is 1. The summed E-state index contributed by atoms with van der Waals surface area (Å²) in [5, 5.41) is 2.32. The zero-order valence-electron chi connectivity index (χ0n) is 18.5. The molecule has 6 heteroatoms. The minimum atomic E-state index is -0.0267. The fraction of sp³-hybridized carbons (Fsp3) is 0.423. The van der Waals surface area contributed by atoms with Crippen LogP contribution in [0.5, 0.6) is 5.75 Å². The van der Waals surface area contributed by atoms with Crippen molar-refractivity contribution < 1.29 is 13.9 Å². The number of ether oxygens (including phenoxy) is 1. The van der Waals surface area contributed by atoms with Crippen LogP contribution in [0.2, 0.25) is 0 Å². The topological polar surface area (TPSA) is 49.2 Å². The van der Waals surface area contributed by atoms with E-state index in [0.29, 0.717) is 18.1 Å². The summed E-state index contributed by atoms with van der Waals surface area (Å²) in [4.78, 5) is 19.8. The minimum absolute atomic E-state index is 0.0267. The smallest absolute Gasteiger partial charge is 0.289 e.